The summed E-state index contributed by atoms with van der Waals surface area (Å²) in [6, 6.07) is 2.31. The Bertz CT molecular complexity index is 379. The Labute approximate surface area is 93.3 Å². The van der Waals surface area contributed by atoms with Gasteiger partial charge in [0, 0.05) is 13.1 Å². The second kappa shape index (κ2) is 4.01. The minimum absolute atomic E-state index is 0.369. The Morgan fingerprint density at radius 2 is 1.88 bits per heavy atom. The fourth-order valence-corrected chi connectivity index (χ4v) is 1.62. The van der Waals surface area contributed by atoms with Crippen molar-refractivity contribution in [3.63, 3.8) is 0 Å². The van der Waals surface area contributed by atoms with Gasteiger partial charge in [0.25, 0.3) is 0 Å². The van der Waals surface area contributed by atoms with Gasteiger partial charge in [0.1, 0.15) is 0 Å². The van der Waals surface area contributed by atoms with Crippen LogP contribution in [0.1, 0.15) is 25.3 Å². The zero-order chi connectivity index (χ0) is 11.8. The van der Waals surface area contributed by atoms with E-state index < -0.39 is 17.4 Å². The van der Waals surface area contributed by atoms with Gasteiger partial charge in [0.05, 0.1) is 0 Å². The molecule has 0 radical (unpaired) electrons. The summed E-state index contributed by atoms with van der Waals surface area (Å²) in [6.07, 6.45) is 2.41. The summed E-state index contributed by atoms with van der Waals surface area (Å²) in [5, 5.41) is 12.1. The third-order valence-electron chi connectivity index (χ3n) is 3.06. The molecule has 1 aliphatic carbocycles. The molecule has 0 unspecified atom stereocenters. The topological polar surface area (TPSA) is 32.3 Å². The number of rotatable bonds is 4. The fourth-order valence-electron chi connectivity index (χ4n) is 1.62. The van der Waals surface area contributed by atoms with Gasteiger partial charge < -0.3 is 10.4 Å². The number of halogens is 2. The molecule has 0 heterocycles. The summed E-state index contributed by atoms with van der Waals surface area (Å²) in [5.41, 5.74) is 0.880. The quantitative estimate of drug-likeness (QED) is 0.828. The summed E-state index contributed by atoms with van der Waals surface area (Å²) in [7, 11) is 0. The Balaban J connectivity index is 1.94. The van der Waals surface area contributed by atoms with Crippen LogP contribution >= 0.6 is 0 Å². The van der Waals surface area contributed by atoms with Gasteiger partial charge in [-0.15, -0.1) is 0 Å². The highest BCUT2D eigenvalue weighted by molar-refractivity contribution is 5.29. The molecule has 2 rings (SSSR count). The average Bonchev–Trinajstić information content (AvgIpc) is 2.93. The highest BCUT2D eigenvalue weighted by Crippen LogP contribution is 2.44. The van der Waals surface area contributed by atoms with E-state index >= 15 is 0 Å². The number of phenolic OH excluding ortho intramolecular Hbond substituents is 1. The van der Waals surface area contributed by atoms with Crippen molar-refractivity contribution < 1.29 is 13.9 Å². The molecule has 0 spiro atoms. The van der Waals surface area contributed by atoms with Gasteiger partial charge >= 0.3 is 0 Å². The van der Waals surface area contributed by atoms with E-state index in [4.69, 9.17) is 5.11 Å². The summed E-state index contributed by atoms with van der Waals surface area (Å²) < 4.78 is 26.0. The maximum atomic E-state index is 13.0. The number of aromatic hydroxyl groups is 1. The van der Waals surface area contributed by atoms with Crippen LogP contribution in [0.5, 0.6) is 5.75 Å². The lowest BCUT2D eigenvalue weighted by Crippen LogP contribution is -2.21. The molecule has 1 aromatic rings. The predicted octanol–water partition coefficient (Wildman–Crippen LogP) is 2.56. The largest absolute Gasteiger partial charge is 0.503 e. The molecule has 0 aliphatic heterocycles. The number of phenols is 1. The lowest BCUT2D eigenvalue weighted by atomic mass is 10.1. The third-order valence-corrected chi connectivity index (χ3v) is 3.06. The maximum Gasteiger partial charge on any atom is 0.187 e. The molecular weight excluding hydrogens is 212 g/mol. The van der Waals surface area contributed by atoms with Crippen molar-refractivity contribution in [1.29, 1.82) is 0 Å². The number of nitrogens with one attached hydrogen (secondary N) is 1. The van der Waals surface area contributed by atoms with Crippen molar-refractivity contribution in [2.45, 2.75) is 26.3 Å². The molecule has 1 saturated carbocycles. The van der Waals surface area contributed by atoms with Crippen molar-refractivity contribution in [1.82, 2.24) is 5.32 Å². The van der Waals surface area contributed by atoms with E-state index in [1.807, 2.05) is 0 Å². The zero-order valence-corrected chi connectivity index (χ0v) is 9.19. The first kappa shape index (κ1) is 11.3. The van der Waals surface area contributed by atoms with Crippen LogP contribution < -0.4 is 5.32 Å². The zero-order valence-electron chi connectivity index (χ0n) is 9.19. The third kappa shape index (κ3) is 2.50. The molecule has 0 atom stereocenters. The van der Waals surface area contributed by atoms with Crippen molar-refractivity contribution >= 4 is 0 Å². The number of benzene rings is 1. The van der Waals surface area contributed by atoms with Crippen LogP contribution in [-0.2, 0) is 6.54 Å². The maximum absolute atomic E-state index is 13.0. The molecule has 4 heteroatoms. The Morgan fingerprint density at radius 1 is 1.31 bits per heavy atom. The molecular formula is C12H15F2NO. The first-order valence-corrected chi connectivity index (χ1v) is 5.38. The van der Waals surface area contributed by atoms with Gasteiger partial charge in [-0.25, -0.2) is 8.78 Å². The van der Waals surface area contributed by atoms with Crippen LogP contribution in [0.25, 0.3) is 0 Å². The van der Waals surface area contributed by atoms with Gasteiger partial charge in [0.2, 0.25) is 0 Å². The molecule has 1 fully saturated rings. The molecule has 0 amide bonds. The number of hydrogen-bond acceptors (Lipinski definition) is 2. The Kier molecular flexibility index (Phi) is 2.84. The summed E-state index contributed by atoms with van der Waals surface area (Å²) >= 11 is 0. The molecule has 0 aromatic heterocycles. The van der Waals surface area contributed by atoms with E-state index in [0.717, 1.165) is 18.7 Å². The Morgan fingerprint density at radius 3 is 2.38 bits per heavy atom. The van der Waals surface area contributed by atoms with Gasteiger partial charge in [0.15, 0.2) is 17.4 Å². The van der Waals surface area contributed by atoms with E-state index in [0.29, 0.717) is 17.5 Å². The second-order valence-electron chi connectivity index (χ2n) is 4.82. The molecule has 0 bridgehead atoms. The first-order chi connectivity index (χ1) is 7.50. The number of hydrogen-bond donors (Lipinski definition) is 2. The van der Waals surface area contributed by atoms with Gasteiger partial charge in [-0.3, -0.25) is 0 Å². The predicted molar refractivity (Wildman–Crippen MR) is 57.1 cm³/mol. The van der Waals surface area contributed by atoms with E-state index in [1.54, 1.807) is 0 Å². The molecule has 1 aliphatic rings. The van der Waals surface area contributed by atoms with Crippen LogP contribution in [0.3, 0.4) is 0 Å². The van der Waals surface area contributed by atoms with Crippen LogP contribution in [0.15, 0.2) is 12.1 Å². The summed E-state index contributed by atoms with van der Waals surface area (Å²) in [6.45, 7) is 3.46. The van der Waals surface area contributed by atoms with Gasteiger partial charge in [-0.05, 0) is 36.0 Å². The molecule has 16 heavy (non-hydrogen) atoms. The second-order valence-corrected chi connectivity index (χ2v) is 4.82. The molecule has 2 N–H and O–H groups in total. The van der Waals surface area contributed by atoms with Gasteiger partial charge in [-0.2, -0.15) is 0 Å². The van der Waals surface area contributed by atoms with Gasteiger partial charge in [-0.1, -0.05) is 6.92 Å². The van der Waals surface area contributed by atoms with E-state index in [1.165, 1.54) is 12.8 Å². The van der Waals surface area contributed by atoms with Crippen molar-refractivity contribution in [3.8, 4) is 5.75 Å². The Hall–Kier alpha value is -1.16. The minimum atomic E-state index is -0.908. The van der Waals surface area contributed by atoms with Crippen molar-refractivity contribution in [3.05, 3.63) is 29.3 Å². The van der Waals surface area contributed by atoms with Crippen LogP contribution in [0.2, 0.25) is 0 Å². The van der Waals surface area contributed by atoms with E-state index in [-0.39, 0.29) is 0 Å². The monoisotopic (exact) mass is 227 g/mol. The minimum Gasteiger partial charge on any atom is -0.503 e. The molecule has 1 aromatic carbocycles. The summed E-state index contributed by atoms with van der Waals surface area (Å²) in [5.74, 6) is -2.72. The van der Waals surface area contributed by atoms with Crippen molar-refractivity contribution in [2.75, 3.05) is 6.54 Å². The SMILES string of the molecule is CC1(CNCc2cc(F)c(O)c(F)c2)CC1. The first-order valence-electron chi connectivity index (χ1n) is 5.38. The lowest BCUT2D eigenvalue weighted by molar-refractivity contribution is 0.394. The molecule has 0 saturated heterocycles. The average molecular weight is 227 g/mol. The smallest absolute Gasteiger partial charge is 0.187 e. The summed E-state index contributed by atoms with van der Waals surface area (Å²) in [4.78, 5) is 0. The van der Waals surface area contributed by atoms with Crippen LogP contribution in [0, 0.1) is 17.0 Å². The standard InChI is InChI=1S/C12H15F2NO/c1-12(2-3-12)7-15-6-8-4-9(13)11(16)10(14)5-8/h4-5,15-16H,2-3,6-7H2,1H3. The normalized spacial score (nSPS) is 17.4. The molecule has 88 valence electrons. The van der Waals surface area contributed by atoms with E-state index in [9.17, 15) is 8.78 Å². The van der Waals surface area contributed by atoms with Crippen LogP contribution in [0.4, 0.5) is 8.78 Å². The molecule has 2 nitrogen and oxygen atoms in total. The highest BCUT2D eigenvalue weighted by Gasteiger charge is 2.36. The van der Waals surface area contributed by atoms with Crippen molar-refractivity contribution in [2.24, 2.45) is 5.41 Å². The fraction of sp³-hybridized carbons (Fsp3) is 0.500. The van der Waals surface area contributed by atoms with Crippen LogP contribution in [-0.4, -0.2) is 11.7 Å². The van der Waals surface area contributed by atoms with E-state index in [2.05, 4.69) is 12.2 Å². The highest BCUT2D eigenvalue weighted by atomic mass is 19.1. The lowest BCUT2D eigenvalue weighted by Gasteiger charge is -2.10.